The molecule has 1 aliphatic carbocycles. The number of ether oxygens (including phenoxy) is 1. The molecule has 6 heteroatoms. The minimum atomic E-state index is -0.832. The van der Waals surface area contributed by atoms with Crippen LogP contribution in [0.2, 0.25) is 0 Å². The second-order valence-electron chi connectivity index (χ2n) is 3.88. The van der Waals surface area contributed by atoms with E-state index in [0.717, 1.165) is 37.5 Å². The first kappa shape index (κ1) is 11.5. The summed E-state index contributed by atoms with van der Waals surface area (Å²) in [5, 5.41) is 10.7. The molecule has 5 nitrogen and oxygen atoms in total. The van der Waals surface area contributed by atoms with Gasteiger partial charge in [-0.05, 0) is 31.4 Å². The maximum Gasteiger partial charge on any atom is 0.345 e. The Morgan fingerprint density at radius 3 is 2.71 bits per heavy atom. The SMILES string of the molecule is O=C(OC1CCC1)c1cc(F)ccc1[N+](=O)[O-]. The van der Waals surface area contributed by atoms with Crippen LogP contribution in [-0.2, 0) is 4.74 Å². The molecule has 17 heavy (non-hydrogen) atoms. The van der Waals surface area contributed by atoms with E-state index < -0.39 is 22.4 Å². The lowest BCUT2D eigenvalue weighted by Gasteiger charge is -2.24. The van der Waals surface area contributed by atoms with E-state index in [1.54, 1.807) is 0 Å². The molecule has 0 spiro atoms. The van der Waals surface area contributed by atoms with Crippen molar-refractivity contribution in [1.82, 2.24) is 0 Å². The molecular weight excluding hydrogens is 229 g/mol. The first-order valence-corrected chi connectivity index (χ1v) is 5.23. The molecule has 0 unspecified atom stereocenters. The van der Waals surface area contributed by atoms with Crippen LogP contribution in [0.15, 0.2) is 18.2 Å². The summed E-state index contributed by atoms with van der Waals surface area (Å²) in [6.07, 6.45) is 2.30. The predicted octanol–water partition coefficient (Wildman–Crippen LogP) is 2.44. The molecule has 1 saturated carbocycles. The summed E-state index contributed by atoms with van der Waals surface area (Å²) in [5.74, 6) is -1.53. The number of hydrogen-bond acceptors (Lipinski definition) is 4. The number of halogens is 1. The van der Waals surface area contributed by atoms with Crippen LogP contribution in [-0.4, -0.2) is 17.0 Å². The van der Waals surface area contributed by atoms with Crippen molar-refractivity contribution in [3.8, 4) is 0 Å². The molecule has 0 saturated heterocycles. The molecule has 0 aromatic heterocycles. The first-order chi connectivity index (χ1) is 8.08. The van der Waals surface area contributed by atoms with Gasteiger partial charge >= 0.3 is 5.97 Å². The lowest BCUT2D eigenvalue weighted by molar-refractivity contribution is -0.385. The van der Waals surface area contributed by atoms with Crippen LogP contribution in [0.1, 0.15) is 29.6 Å². The standard InChI is InChI=1S/C11H10FNO4/c12-7-4-5-10(13(15)16)9(6-7)11(14)17-8-2-1-3-8/h4-6,8H,1-3H2. The fourth-order valence-electron chi connectivity index (χ4n) is 1.53. The quantitative estimate of drug-likeness (QED) is 0.461. The van der Waals surface area contributed by atoms with Crippen LogP contribution in [0.25, 0.3) is 0 Å². The number of hydrogen-bond donors (Lipinski definition) is 0. The molecule has 0 aliphatic heterocycles. The Bertz CT molecular complexity index is 471. The molecule has 1 aromatic rings. The van der Waals surface area contributed by atoms with Crippen molar-refractivity contribution in [3.05, 3.63) is 39.7 Å². The number of nitro benzene ring substituents is 1. The van der Waals surface area contributed by atoms with Crippen LogP contribution in [0.4, 0.5) is 10.1 Å². The monoisotopic (exact) mass is 239 g/mol. The Hall–Kier alpha value is -1.98. The molecule has 0 bridgehead atoms. The third-order valence-electron chi connectivity index (χ3n) is 2.70. The normalized spacial score (nSPS) is 15.1. The Labute approximate surface area is 96.3 Å². The van der Waals surface area contributed by atoms with Gasteiger partial charge in [-0.3, -0.25) is 10.1 Å². The molecule has 1 aromatic carbocycles. The van der Waals surface area contributed by atoms with E-state index in [9.17, 15) is 19.3 Å². The summed E-state index contributed by atoms with van der Waals surface area (Å²) in [7, 11) is 0. The second kappa shape index (κ2) is 4.48. The average Bonchev–Trinajstić information content (AvgIpc) is 2.22. The Balaban J connectivity index is 2.25. The van der Waals surface area contributed by atoms with Gasteiger partial charge in [0.05, 0.1) is 4.92 Å². The van der Waals surface area contributed by atoms with Crippen molar-refractivity contribution in [2.75, 3.05) is 0 Å². The van der Waals surface area contributed by atoms with Crippen LogP contribution >= 0.6 is 0 Å². The van der Waals surface area contributed by atoms with Gasteiger partial charge in [0.15, 0.2) is 0 Å². The Morgan fingerprint density at radius 2 is 2.18 bits per heavy atom. The summed E-state index contributed by atoms with van der Waals surface area (Å²) < 4.78 is 18.0. The zero-order valence-corrected chi connectivity index (χ0v) is 8.89. The summed E-state index contributed by atoms with van der Waals surface area (Å²) in [6.45, 7) is 0. The summed E-state index contributed by atoms with van der Waals surface area (Å²) in [5.41, 5.74) is -0.766. The van der Waals surface area contributed by atoms with Crippen molar-refractivity contribution < 1.29 is 18.8 Å². The molecule has 0 atom stereocenters. The third kappa shape index (κ3) is 2.41. The first-order valence-electron chi connectivity index (χ1n) is 5.23. The highest BCUT2D eigenvalue weighted by molar-refractivity contribution is 5.94. The molecule has 0 N–H and O–H groups in total. The minimum Gasteiger partial charge on any atom is -0.459 e. The molecule has 90 valence electrons. The lowest BCUT2D eigenvalue weighted by atomic mass is 9.96. The predicted molar refractivity (Wildman–Crippen MR) is 56.1 cm³/mol. The van der Waals surface area contributed by atoms with Gasteiger partial charge < -0.3 is 4.74 Å². The molecule has 0 amide bonds. The number of nitrogens with zero attached hydrogens (tertiary/aromatic N) is 1. The molecule has 0 heterocycles. The van der Waals surface area contributed by atoms with E-state index in [2.05, 4.69) is 0 Å². The van der Waals surface area contributed by atoms with Crippen molar-refractivity contribution in [2.45, 2.75) is 25.4 Å². The summed E-state index contributed by atoms with van der Waals surface area (Å²) in [6, 6.07) is 2.74. The number of carbonyl (C=O) groups excluding carboxylic acids is 1. The van der Waals surface area contributed by atoms with Crippen molar-refractivity contribution in [1.29, 1.82) is 0 Å². The minimum absolute atomic E-state index is 0.189. The van der Waals surface area contributed by atoms with E-state index in [1.807, 2.05) is 0 Å². The van der Waals surface area contributed by atoms with Crippen LogP contribution in [0, 0.1) is 15.9 Å². The Morgan fingerprint density at radius 1 is 1.47 bits per heavy atom. The highest BCUT2D eigenvalue weighted by Crippen LogP contribution is 2.26. The third-order valence-corrected chi connectivity index (χ3v) is 2.70. The molecule has 1 fully saturated rings. The second-order valence-corrected chi connectivity index (χ2v) is 3.88. The number of benzene rings is 1. The van der Waals surface area contributed by atoms with Gasteiger partial charge in [-0.25, -0.2) is 9.18 Å². The van der Waals surface area contributed by atoms with Crippen LogP contribution in [0.5, 0.6) is 0 Å². The molecule has 2 rings (SSSR count). The van der Waals surface area contributed by atoms with Gasteiger partial charge in [0.2, 0.25) is 0 Å². The van der Waals surface area contributed by atoms with Gasteiger partial charge in [0.1, 0.15) is 17.5 Å². The van der Waals surface area contributed by atoms with Gasteiger partial charge in [0.25, 0.3) is 5.69 Å². The number of rotatable bonds is 3. The van der Waals surface area contributed by atoms with Crippen LogP contribution in [0.3, 0.4) is 0 Å². The molecule has 0 radical (unpaired) electrons. The topological polar surface area (TPSA) is 69.4 Å². The lowest BCUT2D eigenvalue weighted by Crippen LogP contribution is -2.25. The van der Waals surface area contributed by atoms with E-state index in [1.165, 1.54) is 0 Å². The van der Waals surface area contributed by atoms with Gasteiger partial charge in [-0.15, -0.1) is 0 Å². The van der Waals surface area contributed by atoms with Crippen molar-refractivity contribution in [2.24, 2.45) is 0 Å². The summed E-state index contributed by atoms with van der Waals surface area (Å²) in [4.78, 5) is 21.6. The fourth-order valence-corrected chi connectivity index (χ4v) is 1.53. The smallest absolute Gasteiger partial charge is 0.345 e. The largest absolute Gasteiger partial charge is 0.459 e. The number of nitro groups is 1. The van der Waals surface area contributed by atoms with Crippen molar-refractivity contribution >= 4 is 11.7 Å². The van der Waals surface area contributed by atoms with Crippen molar-refractivity contribution in [3.63, 3.8) is 0 Å². The number of carbonyl (C=O) groups is 1. The maximum atomic E-state index is 13.0. The highest BCUT2D eigenvalue weighted by Gasteiger charge is 2.27. The van der Waals surface area contributed by atoms with E-state index in [-0.39, 0.29) is 11.7 Å². The van der Waals surface area contributed by atoms with E-state index in [0.29, 0.717) is 0 Å². The molecule has 1 aliphatic rings. The highest BCUT2D eigenvalue weighted by atomic mass is 19.1. The van der Waals surface area contributed by atoms with Crippen LogP contribution < -0.4 is 0 Å². The average molecular weight is 239 g/mol. The maximum absolute atomic E-state index is 13.0. The fraction of sp³-hybridized carbons (Fsp3) is 0.364. The van der Waals surface area contributed by atoms with Gasteiger partial charge in [-0.1, -0.05) is 0 Å². The van der Waals surface area contributed by atoms with E-state index >= 15 is 0 Å². The Kier molecular flexibility index (Phi) is 3.03. The number of esters is 1. The van der Waals surface area contributed by atoms with E-state index in [4.69, 9.17) is 4.74 Å². The van der Waals surface area contributed by atoms with Gasteiger partial charge in [-0.2, -0.15) is 0 Å². The summed E-state index contributed by atoms with van der Waals surface area (Å²) >= 11 is 0. The van der Waals surface area contributed by atoms with Gasteiger partial charge in [0, 0.05) is 6.07 Å². The zero-order chi connectivity index (χ0) is 12.4. The zero-order valence-electron chi connectivity index (χ0n) is 8.89. The molecular formula is C11H10FNO4.